The Morgan fingerprint density at radius 2 is 0.855 bits per heavy atom. The van der Waals surface area contributed by atoms with E-state index in [1.54, 1.807) is 176 Å². The highest BCUT2D eigenvalue weighted by Crippen LogP contribution is 2.39. The zero-order valence-corrected chi connectivity index (χ0v) is 78.3. The molecule has 0 spiro atoms. The summed E-state index contributed by atoms with van der Waals surface area (Å²) in [7, 11) is 1.55. The molecule has 15 rings (SSSR count). The van der Waals surface area contributed by atoms with E-state index in [4.69, 9.17) is 44.1 Å². The van der Waals surface area contributed by atoms with Crippen molar-refractivity contribution in [3.05, 3.63) is 349 Å². The van der Waals surface area contributed by atoms with Crippen molar-refractivity contribution in [2.75, 3.05) is 12.4 Å². The lowest BCUT2D eigenvalue weighted by Crippen LogP contribution is -2.38. The van der Waals surface area contributed by atoms with E-state index in [0.717, 1.165) is 88.1 Å². The van der Waals surface area contributed by atoms with Crippen LogP contribution in [0.25, 0.3) is 53.4 Å². The number of fused-ring (bicyclic) bond motifs is 4. The smallest absolute Gasteiger partial charge is 0.412 e. The van der Waals surface area contributed by atoms with Gasteiger partial charge in [-0.1, -0.05) is 211 Å². The maximum absolute atomic E-state index is 13.5. The van der Waals surface area contributed by atoms with Crippen molar-refractivity contribution in [1.82, 2.24) is 59.1 Å². The lowest BCUT2D eigenvalue weighted by molar-refractivity contribution is -0.155. The van der Waals surface area contributed by atoms with E-state index in [1.165, 1.54) is 28.2 Å². The molecular weight excluding hydrogens is 1820 g/mol. The number of carbonyl (C=O) groups is 10. The van der Waals surface area contributed by atoms with Crippen molar-refractivity contribution in [3.8, 4) is 17.0 Å². The van der Waals surface area contributed by atoms with E-state index in [0.29, 0.717) is 72.1 Å². The molecule has 0 bridgehead atoms. The molecule has 5 atom stereocenters. The molecule has 5 aromatic heterocycles. The van der Waals surface area contributed by atoms with E-state index in [1.807, 2.05) is 144 Å². The second-order valence-corrected chi connectivity index (χ2v) is 35.5. The molecule has 0 saturated carbocycles. The van der Waals surface area contributed by atoms with Gasteiger partial charge in [0.1, 0.15) is 17.0 Å². The molecule has 0 radical (unpaired) electrons. The normalized spacial score (nSPS) is 12.2. The van der Waals surface area contributed by atoms with Crippen molar-refractivity contribution in [2.45, 2.75) is 113 Å². The van der Waals surface area contributed by atoms with Gasteiger partial charge < -0.3 is 50.0 Å². The maximum Gasteiger partial charge on any atom is 0.412 e. The van der Waals surface area contributed by atoms with E-state index in [2.05, 4.69) is 52.5 Å². The number of anilines is 1. The van der Waals surface area contributed by atoms with Crippen LogP contribution in [0.15, 0.2) is 268 Å². The number of thiophene rings is 2. The van der Waals surface area contributed by atoms with Gasteiger partial charge >= 0.3 is 12.2 Å². The third-order valence-corrected chi connectivity index (χ3v) is 24.5. The highest BCUT2D eigenvalue weighted by atomic mass is 32.1. The molecule has 36 heteroatoms. The summed E-state index contributed by atoms with van der Waals surface area (Å²) >= 11 is 2.97. The number of para-hydroxylation sites is 2. The van der Waals surface area contributed by atoms with Crippen molar-refractivity contribution >= 4 is 130 Å². The summed E-state index contributed by atoms with van der Waals surface area (Å²) in [5.41, 5.74) is 16.3. The number of nitrogens with one attached hydrogen (secondary N) is 11. The molecule has 0 aliphatic heterocycles. The fourth-order valence-corrected chi connectivity index (χ4v) is 16.8. The number of furan rings is 2. The van der Waals surface area contributed by atoms with Crippen LogP contribution in [0.4, 0.5) is 23.7 Å². The summed E-state index contributed by atoms with van der Waals surface area (Å²) in [6.07, 6.45) is -4.78. The number of rotatable bonds is 24. The highest BCUT2D eigenvalue weighted by Gasteiger charge is 2.43. The average Bonchev–Trinajstić information content (AvgIpc) is 1.64. The van der Waals surface area contributed by atoms with Gasteiger partial charge in [-0.3, -0.25) is 69.2 Å². The molecule has 10 aromatic carbocycles. The van der Waals surface area contributed by atoms with Crippen LogP contribution in [-0.2, 0) is 0 Å². The number of hydrogen-bond acceptors (Lipinski definition) is 22. The van der Waals surface area contributed by atoms with Gasteiger partial charge in [0, 0.05) is 59.1 Å². The van der Waals surface area contributed by atoms with Gasteiger partial charge in [-0.15, -0.1) is 22.7 Å². The predicted octanol–water partition coefficient (Wildman–Crippen LogP) is 20.2. The minimum Gasteiger partial charge on any atom is -0.493 e. The highest BCUT2D eigenvalue weighted by molar-refractivity contribution is 7.21. The van der Waals surface area contributed by atoms with Crippen molar-refractivity contribution in [3.63, 3.8) is 0 Å². The van der Waals surface area contributed by atoms with Crippen LogP contribution in [-0.4, -0.2) is 104 Å². The molecule has 11 amide bonds. The van der Waals surface area contributed by atoms with Gasteiger partial charge in [-0.25, -0.2) is 32.2 Å². The van der Waals surface area contributed by atoms with Gasteiger partial charge in [0.2, 0.25) is 0 Å². The van der Waals surface area contributed by atoms with Gasteiger partial charge in [0.25, 0.3) is 53.2 Å². The number of methoxy groups -OCH3 is 1. The third-order valence-electron chi connectivity index (χ3n) is 22.1. The largest absolute Gasteiger partial charge is 0.493 e. The minimum atomic E-state index is -4.78. The summed E-state index contributed by atoms with van der Waals surface area (Å²) < 4.78 is 64.5. The van der Waals surface area contributed by atoms with E-state index in [-0.39, 0.29) is 81.8 Å². The fourth-order valence-electron chi connectivity index (χ4n) is 14.8. The van der Waals surface area contributed by atoms with Crippen molar-refractivity contribution in [2.24, 2.45) is 17.3 Å². The number of carbonyl (C=O) groups excluding carboxylic acids is 10. The van der Waals surface area contributed by atoms with Crippen LogP contribution in [0, 0.1) is 38.0 Å². The van der Waals surface area contributed by atoms with Crippen LogP contribution in [0.3, 0.4) is 0 Å². The first-order chi connectivity index (χ1) is 65.9. The summed E-state index contributed by atoms with van der Waals surface area (Å²) in [5, 5.41) is 67.9. The van der Waals surface area contributed by atoms with Crippen LogP contribution in [0.1, 0.15) is 223 Å². The number of aromatic nitrogens is 1. The number of alkyl halides is 3. The van der Waals surface area contributed by atoms with Crippen LogP contribution < -0.4 is 64.0 Å². The molecule has 16 N–H and O–H groups in total. The zero-order chi connectivity index (χ0) is 100.0. The Balaban J connectivity index is 0.000000165. The number of ether oxygens (including phenoxy) is 1. The Morgan fingerprint density at radius 3 is 1.33 bits per heavy atom. The minimum absolute atomic E-state index is 0.0355. The molecule has 0 aliphatic carbocycles. The van der Waals surface area contributed by atoms with E-state index < -0.39 is 53.7 Å². The van der Waals surface area contributed by atoms with Crippen molar-refractivity contribution in [1.29, 1.82) is 0 Å². The second-order valence-electron chi connectivity index (χ2n) is 33.3. The molecule has 0 fully saturated rings. The monoisotopic (exact) mass is 1920 g/mol. The molecule has 0 saturated heterocycles. The number of halogens is 3. The maximum atomic E-state index is 13.5. The molecule has 15 aromatic rings. The van der Waals surface area contributed by atoms with Crippen LogP contribution >= 0.6 is 22.7 Å². The summed E-state index contributed by atoms with van der Waals surface area (Å²) in [6, 6.07) is 68.6. The number of benzene rings is 10. The number of hydroxylamine groups is 5. The zero-order valence-electron chi connectivity index (χ0n) is 76.6. The topological polar surface area (TPSA) is 466 Å². The van der Waals surface area contributed by atoms with Gasteiger partial charge in [0.05, 0.1) is 41.0 Å². The number of hydrogen-bond donors (Lipinski definition) is 16. The molecule has 5 heterocycles. The fraction of sp³-hybridized carbons (Fsp3) is 0.206. The first-order valence-electron chi connectivity index (χ1n) is 43.0. The van der Waals surface area contributed by atoms with E-state index in [9.17, 15) is 61.1 Å². The van der Waals surface area contributed by atoms with E-state index >= 15 is 0 Å². The number of aryl methyl sites for hydroxylation is 3. The van der Waals surface area contributed by atoms with Gasteiger partial charge in [0.15, 0.2) is 34.7 Å². The Labute approximate surface area is 797 Å². The SMILES string of the molecule is CC(C)(C)C(NC(=O)c1cc2ccccc2s1)c1ccc(C(=O)NO)cc1.COc1cccc2cc(C(=O)NC(c3ccc(C(=O)NO)cc3)C(C)C)oc12.Cc1c(C(=O)N[C@@H](c2ccc(C(=O)NO)cc2)C(C)C)sc2ccccc12.Cc1c(C(=O)N[C@@H](c2ccc(C(=O)NO)cc2)C(F)(F)F)oc2ccccc12.Cc1onc(-c2ccccc2)c1NC(=O)NC(C)c1ccc(C(=O)NO)cc1. The number of nitrogens with zero attached hydrogens (tertiary/aromatic N) is 1. The van der Waals surface area contributed by atoms with Crippen LogP contribution in [0.5, 0.6) is 5.75 Å². The Bertz CT molecular complexity index is 6800. The Kier molecular flexibility index (Phi) is 34.6. The number of urea groups is 1. The standard InChI is InChI=1S/C21H22N2O5.2C21H22N2O3S.C20H20N4O4.C19H15F3N2O4/c1-12(2)18(13-7-9-14(10-8-13)20(24)23-26)22-21(25)17-11-15-5-4-6-16(27-3)19(15)28-17;1-21(2,3)18(13-8-10-14(11-9-13)19(24)23-26)22-20(25)17-12-15-6-4-5-7-16(15)27-17;1-12(2)18(14-8-10-15(11-9-14)20(24)23-26)22-21(25)19-13(3)16-6-4-5-7-17(16)27-19;1-12(14-8-10-16(11-9-14)19(25)23-27)21-20(26)22-17-13(2)28-24-18(17)15-6-4-3-5-7-15;1-10-13-4-2-3-5-14(13)28-15(10)18(26)23-16(19(20,21)22)11-6-8-12(9-7-11)17(25)24-27/h4-12,18,26H,1-3H3,(H,22,25)(H,23,24);2*4-12,18,26H,1-3H3,(H,22,25)(H,23,24);3-12,27H,1-2H3,(H,23,25)(H2,21,22,26);2-9,16,27H,1H3,(H,23,26)(H,24,25)/t;;18-;;16-/m..1.0/s1. The molecule has 31 nitrogen and oxygen atoms in total. The number of amides is 11. The quantitative estimate of drug-likeness (QED) is 0.0197. The predicted molar refractivity (Wildman–Crippen MR) is 514 cm³/mol. The lowest BCUT2D eigenvalue weighted by atomic mass is 9.82. The third kappa shape index (κ3) is 25.7. The van der Waals surface area contributed by atoms with Crippen LogP contribution in [0.2, 0.25) is 0 Å². The van der Waals surface area contributed by atoms with Crippen molar-refractivity contribution < 1.29 is 105 Å². The summed E-state index contributed by atoms with van der Waals surface area (Å²) in [5.74, 6) is -3.41. The van der Waals surface area contributed by atoms with Gasteiger partial charge in [-0.05, 0) is 186 Å². The molecule has 716 valence electrons. The first-order valence-corrected chi connectivity index (χ1v) is 44.6. The lowest BCUT2D eigenvalue weighted by Gasteiger charge is -2.32. The Morgan fingerprint density at radius 1 is 0.413 bits per heavy atom. The Hall–Kier alpha value is -15.7. The average molecular weight is 1920 g/mol. The molecular formula is C102H101F3N12O19S2. The molecule has 0 aliphatic rings. The van der Waals surface area contributed by atoms with Gasteiger partial charge in [-0.2, -0.15) is 13.2 Å². The first kappa shape index (κ1) is 103. The molecule has 138 heavy (non-hydrogen) atoms. The summed E-state index contributed by atoms with van der Waals surface area (Å²) in [4.78, 5) is 122. The summed E-state index contributed by atoms with van der Waals surface area (Å²) in [6.45, 7) is 21.3. The molecule has 3 unspecified atom stereocenters. The second kappa shape index (κ2) is 46.5.